The Labute approximate surface area is 226 Å². The Morgan fingerprint density at radius 2 is 1.95 bits per heavy atom. The van der Waals surface area contributed by atoms with E-state index in [9.17, 15) is 4.79 Å². The van der Waals surface area contributed by atoms with Crippen LogP contribution in [0.1, 0.15) is 40.7 Å². The van der Waals surface area contributed by atoms with E-state index in [2.05, 4.69) is 27.3 Å². The van der Waals surface area contributed by atoms with Crippen LogP contribution in [0.4, 0.5) is 5.69 Å². The molecule has 0 aliphatic carbocycles. The first-order valence-electron chi connectivity index (χ1n) is 12.3. The zero-order valence-corrected chi connectivity index (χ0v) is 22.0. The highest BCUT2D eigenvalue weighted by molar-refractivity contribution is 7.11. The standard InChI is InChI=1S/C28H31N7O2S/c1-20(30)37-26(31)22-8-5-9-23(16-22)33-18-25(17-29)35(28(36)27-32-12-15-38-27)24-10-13-34(14-11-24)19-21-6-3-2-4-7-21/h2-9,12,15-18,24,29-31,33H,10-11,13-14,19H2,1H3/b25-18+,29-17?,30-20?,31-26?. The lowest BCUT2D eigenvalue weighted by atomic mass is 10.0. The van der Waals surface area contributed by atoms with Gasteiger partial charge in [-0.15, -0.1) is 11.3 Å². The van der Waals surface area contributed by atoms with Gasteiger partial charge in [-0.25, -0.2) is 4.98 Å². The molecule has 4 rings (SSSR count). The molecule has 4 N–H and O–H groups in total. The van der Waals surface area contributed by atoms with Crippen molar-refractivity contribution >= 4 is 40.9 Å². The van der Waals surface area contributed by atoms with Crippen molar-refractivity contribution in [1.29, 1.82) is 16.2 Å². The number of allylic oxidation sites excluding steroid dienone is 1. The lowest BCUT2D eigenvalue weighted by Gasteiger charge is -2.38. The fourth-order valence-electron chi connectivity index (χ4n) is 4.40. The zero-order valence-electron chi connectivity index (χ0n) is 21.2. The SMILES string of the molecule is CC(=N)OC(=N)c1cccc(N/C=C(\C=N)N(C(=O)c2nccs2)C2CCN(Cc3ccccc3)CC2)c1. The molecule has 0 radical (unpaired) electrons. The molecule has 1 aliphatic rings. The van der Waals surface area contributed by atoms with Gasteiger partial charge in [0.2, 0.25) is 5.90 Å². The highest BCUT2D eigenvalue weighted by atomic mass is 32.1. The average Bonchev–Trinajstić information content (AvgIpc) is 3.47. The van der Waals surface area contributed by atoms with Gasteiger partial charge in [0.05, 0.1) is 5.70 Å². The van der Waals surface area contributed by atoms with Crippen LogP contribution in [0.25, 0.3) is 0 Å². The summed E-state index contributed by atoms with van der Waals surface area (Å²) in [7, 11) is 0. The van der Waals surface area contributed by atoms with Gasteiger partial charge in [-0.1, -0.05) is 36.4 Å². The van der Waals surface area contributed by atoms with E-state index in [0.29, 0.717) is 22.0 Å². The topological polar surface area (TPSA) is 129 Å². The normalized spacial score (nSPS) is 14.5. The number of rotatable bonds is 9. The second kappa shape index (κ2) is 12.9. The van der Waals surface area contributed by atoms with Crippen molar-refractivity contribution in [2.24, 2.45) is 0 Å². The number of nitrogens with zero attached hydrogens (tertiary/aromatic N) is 3. The van der Waals surface area contributed by atoms with Crippen molar-refractivity contribution in [2.75, 3.05) is 18.4 Å². The molecule has 196 valence electrons. The van der Waals surface area contributed by atoms with Gasteiger partial charge in [-0.3, -0.25) is 20.5 Å². The summed E-state index contributed by atoms with van der Waals surface area (Å²) in [5.41, 5.74) is 2.87. The number of aromatic nitrogens is 1. The van der Waals surface area contributed by atoms with Crippen LogP contribution in [0.2, 0.25) is 0 Å². The van der Waals surface area contributed by atoms with E-state index >= 15 is 0 Å². The van der Waals surface area contributed by atoms with Gasteiger partial charge < -0.3 is 20.4 Å². The molecule has 1 fully saturated rings. The molecule has 1 saturated heterocycles. The van der Waals surface area contributed by atoms with Crippen LogP contribution < -0.4 is 5.32 Å². The van der Waals surface area contributed by atoms with E-state index in [0.717, 1.165) is 32.5 Å². The van der Waals surface area contributed by atoms with Crippen molar-refractivity contribution < 1.29 is 9.53 Å². The molecule has 2 heterocycles. The minimum absolute atomic E-state index is 0.0643. The summed E-state index contributed by atoms with van der Waals surface area (Å²) in [6.07, 6.45) is 6.00. The summed E-state index contributed by atoms with van der Waals surface area (Å²) in [6.45, 7) is 4.03. The van der Waals surface area contributed by atoms with E-state index in [-0.39, 0.29) is 23.7 Å². The van der Waals surface area contributed by atoms with E-state index in [1.165, 1.54) is 30.0 Å². The number of hydrogen-bond donors (Lipinski definition) is 4. The molecule has 38 heavy (non-hydrogen) atoms. The molecule has 9 nitrogen and oxygen atoms in total. The van der Waals surface area contributed by atoms with Crippen LogP contribution in [0.5, 0.6) is 0 Å². The summed E-state index contributed by atoms with van der Waals surface area (Å²) < 4.78 is 5.10. The predicted octanol–water partition coefficient (Wildman–Crippen LogP) is 5.19. The maximum absolute atomic E-state index is 13.6. The molecule has 3 aromatic rings. The molecule has 10 heteroatoms. The molecule has 0 saturated carbocycles. The number of ether oxygens (including phenoxy) is 1. The molecule has 0 unspecified atom stereocenters. The Morgan fingerprint density at radius 3 is 2.61 bits per heavy atom. The van der Waals surface area contributed by atoms with Crippen molar-refractivity contribution in [3.63, 3.8) is 0 Å². The lowest BCUT2D eigenvalue weighted by Crippen LogP contribution is -2.47. The molecule has 1 amide bonds. The van der Waals surface area contributed by atoms with Gasteiger partial charge >= 0.3 is 0 Å². The van der Waals surface area contributed by atoms with E-state index in [1.807, 2.05) is 24.3 Å². The van der Waals surface area contributed by atoms with Crippen LogP contribution in [-0.4, -0.2) is 57.8 Å². The molecule has 1 aromatic heterocycles. The quantitative estimate of drug-likeness (QED) is 0.224. The van der Waals surface area contributed by atoms with Gasteiger partial charge in [-0.05, 0) is 36.6 Å². The molecule has 2 aromatic carbocycles. The van der Waals surface area contributed by atoms with Gasteiger partial charge in [0.1, 0.15) is 0 Å². The minimum atomic E-state index is -0.219. The Kier molecular flexibility index (Phi) is 9.12. The first-order chi connectivity index (χ1) is 18.4. The van der Waals surface area contributed by atoms with Gasteiger partial charge in [0.25, 0.3) is 5.91 Å². The average molecular weight is 530 g/mol. The Morgan fingerprint density at radius 1 is 1.18 bits per heavy atom. The molecular weight excluding hydrogens is 498 g/mol. The highest BCUT2D eigenvalue weighted by Gasteiger charge is 2.31. The van der Waals surface area contributed by atoms with Crippen molar-refractivity contribution in [2.45, 2.75) is 32.4 Å². The number of carbonyl (C=O) groups excluding carboxylic acids is 1. The second-order valence-electron chi connectivity index (χ2n) is 8.93. The van der Waals surface area contributed by atoms with E-state index in [4.69, 9.17) is 21.0 Å². The van der Waals surface area contributed by atoms with Crippen molar-refractivity contribution in [3.8, 4) is 0 Å². The Bertz CT molecular complexity index is 1300. The van der Waals surface area contributed by atoms with Gasteiger partial charge in [0.15, 0.2) is 10.9 Å². The van der Waals surface area contributed by atoms with Crippen LogP contribution in [0.3, 0.4) is 0 Å². The third kappa shape index (κ3) is 6.99. The number of likely N-dealkylation sites (tertiary alicyclic amines) is 1. The Balaban J connectivity index is 1.51. The molecule has 0 bridgehead atoms. The monoisotopic (exact) mass is 529 g/mol. The smallest absolute Gasteiger partial charge is 0.287 e. The largest absolute Gasteiger partial charge is 0.426 e. The van der Waals surface area contributed by atoms with Crippen molar-refractivity contribution in [3.05, 3.63) is 94.2 Å². The summed E-state index contributed by atoms with van der Waals surface area (Å²) in [5.74, 6) is -0.408. The summed E-state index contributed by atoms with van der Waals surface area (Å²) in [6, 6.07) is 17.3. The number of piperidine rings is 1. The number of thiazole rings is 1. The first-order valence-corrected chi connectivity index (χ1v) is 13.2. The number of anilines is 1. The van der Waals surface area contributed by atoms with E-state index < -0.39 is 0 Å². The van der Waals surface area contributed by atoms with Gasteiger partial charge in [0, 0.05) is 67.8 Å². The van der Waals surface area contributed by atoms with Crippen LogP contribution in [0, 0.1) is 16.2 Å². The molecule has 0 spiro atoms. The number of nitrogens with one attached hydrogen (secondary N) is 4. The first kappa shape index (κ1) is 26.9. The lowest BCUT2D eigenvalue weighted by molar-refractivity contribution is 0.0670. The predicted molar refractivity (Wildman–Crippen MR) is 151 cm³/mol. The maximum Gasteiger partial charge on any atom is 0.287 e. The van der Waals surface area contributed by atoms with Crippen molar-refractivity contribution in [1.82, 2.24) is 14.8 Å². The molecule has 1 aliphatic heterocycles. The summed E-state index contributed by atoms with van der Waals surface area (Å²) >= 11 is 1.29. The third-order valence-electron chi connectivity index (χ3n) is 6.20. The minimum Gasteiger partial charge on any atom is -0.426 e. The van der Waals surface area contributed by atoms with Crippen LogP contribution in [-0.2, 0) is 11.3 Å². The number of benzene rings is 2. The fraction of sp³-hybridized carbons (Fsp3) is 0.250. The second-order valence-corrected chi connectivity index (χ2v) is 9.83. The van der Waals surface area contributed by atoms with Gasteiger partial charge in [-0.2, -0.15) is 0 Å². The highest BCUT2D eigenvalue weighted by Crippen LogP contribution is 2.25. The van der Waals surface area contributed by atoms with E-state index in [1.54, 1.807) is 40.9 Å². The number of hydrogen-bond acceptors (Lipinski definition) is 9. The summed E-state index contributed by atoms with van der Waals surface area (Å²) in [5, 5.41) is 28.9. The van der Waals surface area contributed by atoms with Crippen LogP contribution >= 0.6 is 11.3 Å². The molecular formula is C28H31N7O2S. The zero-order chi connectivity index (χ0) is 26.9. The maximum atomic E-state index is 13.6. The number of carbonyl (C=O) groups is 1. The summed E-state index contributed by atoms with van der Waals surface area (Å²) in [4.78, 5) is 21.9. The fourth-order valence-corrected chi connectivity index (χ4v) is 4.98. The third-order valence-corrected chi connectivity index (χ3v) is 6.96. The molecule has 0 atom stereocenters. The number of amides is 1. The Hall–Kier alpha value is -4.15. The van der Waals surface area contributed by atoms with Crippen LogP contribution in [0.15, 0.2) is 78.1 Å².